The topological polar surface area (TPSA) is 67.3 Å². The molecule has 0 saturated carbocycles. The first-order chi connectivity index (χ1) is 12.5. The zero-order chi connectivity index (χ0) is 18.5. The van der Waals surface area contributed by atoms with Crippen molar-refractivity contribution in [2.75, 3.05) is 24.6 Å². The molecule has 1 aromatic carbocycles. The van der Waals surface area contributed by atoms with Crippen molar-refractivity contribution in [3.8, 4) is 11.3 Å². The summed E-state index contributed by atoms with van der Waals surface area (Å²) >= 11 is 0. The Labute approximate surface area is 152 Å². The summed E-state index contributed by atoms with van der Waals surface area (Å²) in [6.07, 6.45) is 3.61. The lowest BCUT2D eigenvalue weighted by molar-refractivity contribution is 0.130. The van der Waals surface area contributed by atoms with Gasteiger partial charge in [-0.05, 0) is 24.5 Å². The number of benzene rings is 1. The number of carbonyl (C=O) groups excluding carboxylic acids is 1. The van der Waals surface area contributed by atoms with Gasteiger partial charge in [-0.2, -0.15) is 0 Å². The summed E-state index contributed by atoms with van der Waals surface area (Å²) in [6, 6.07) is 6.50. The monoisotopic (exact) mass is 358 g/mol. The smallest absolute Gasteiger partial charge is 0.407 e. The van der Waals surface area contributed by atoms with E-state index < -0.39 is 6.09 Å². The zero-order valence-corrected chi connectivity index (χ0v) is 15.0. The minimum absolute atomic E-state index is 0.00594. The van der Waals surface area contributed by atoms with Crippen LogP contribution in [0, 0.1) is 11.7 Å². The van der Waals surface area contributed by atoms with Gasteiger partial charge in [-0.15, -0.1) is 0 Å². The summed E-state index contributed by atoms with van der Waals surface area (Å²) in [5.74, 6) is 0.649. The second kappa shape index (κ2) is 8.12. The van der Waals surface area contributed by atoms with E-state index in [2.05, 4.69) is 15.3 Å². The summed E-state index contributed by atoms with van der Waals surface area (Å²) in [5.41, 5.74) is 0.918. The van der Waals surface area contributed by atoms with Crippen LogP contribution in [0.4, 0.5) is 15.0 Å². The molecule has 1 atom stereocenters. The second-order valence-corrected chi connectivity index (χ2v) is 6.81. The molecule has 1 N–H and O–H groups in total. The molecule has 1 aliphatic heterocycles. The van der Waals surface area contributed by atoms with Crippen LogP contribution in [-0.4, -0.2) is 41.8 Å². The highest BCUT2D eigenvalue weighted by molar-refractivity contribution is 5.68. The molecule has 2 aromatic rings. The number of nitrogens with one attached hydrogen (secondary N) is 1. The number of amides is 1. The Morgan fingerprint density at radius 1 is 1.38 bits per heavy atom. The van der Waals surface area contributed by atoms with E-state index in [9.17, 15) is 9.18 Å². The lowest BCUT2D eigenvalue weighted by Crippen LogP contribution is -2.38. The highest BCUT2D eigenvalue weighted by Gasteiger charge is 2.26. The quantitative estimate of drug-likeness (QED) is 0.889. The highest BCUT2D eigenvalue weighted by Crippen LogP contribution is 2.24. The number of rotatable bonds is 5. The average molecular weight is 358 g/mol. The van der Waals surface area contributed by atoms with Crippen molar-refractivity contribution in [3.05, 3.63) is 42.5 Å². The highest BCUT2D eigenvalue weighted by atomic mass is 19.1. The van der Waals surface area contributed by atoms with E-state index in [1.54, 1.807) is 30.6 Å². The standard InChI is InChI=1S/C19H23FN4O2/c1-13(2)12-26-19(25)22-14-7-8-24(11-14)18-10-21-9-17(23-18)15-5-3-4-6-16(15)20/h3-6,9-10,13-14H,7-8,11-12H2,1-2H3,(H,22,25)/t14-/m1/s1. The first-order valence-corrected chi connectivity index (χ1v) is 8.78. The molecule has 1 aromatic heterocycles. The Morgan fingerprint density at radius 2 is 2.19 bits per heavy atom. The van der Waals surface area contributed by atoms with Crippen LogP contribution < -0.4 is 10.2 Å². The van der Waals surface area contributed by atoms with Crippen LogP contribution in [-0.2, 0) is 4.74 Å². The molecule has 0 aliphatic carbocycles. The predicted molar refractivity (Wildman–Crippen MR) is 97.4 cm³/mol. The fourth-order valence-corrected chi connectivity index (χ4v) is 2.84. The number of ether oxygens (including phenoxy) is 1. The van der Waals surface area contributed by atoms with Gasteiger partial charge in [0, 0.05) is 18.7 Å². The molecular formula is C19H23FN4O2. The van der Waals surface area contributed by atoms with Crippen LogP contribution in [0.5, 0.6) is 0 Å². The minimum Gasteiger partial charge on any atom is -0.449 e. The Hall–Kier alpha value is -2.70. The molecule has 0 bridgehead atoms. The molecule has 0 spiro atoms. The Kier molecular flexibility index (Phi) is 5.65. The summed E-state index contributed by atoms with van der Waals surface area (Å²) in [5, 5.41) is 2.88. The van der Waals surface area contributed by atoms with Crippen LogP contribution >= 0.6 is 0 Å². The van der Waals surface area contributed by atoms with Crippen LogP contribution in [0.15, 0.2) is 36.7 Å². The van der Waals surface area contributed by atoms with Gasteiger partial charge in [0.05, 0.1) is 30.7 Å². The van der Waals surface area contributed by atoms with Crippen molar-refractivity contribution in [1.82, 2.24) is 15.3 Å². The Balaban J connectivity index is 1.63. The fourth-order valence-electron chi connectivity index (χ4n) is 2.84. The fraction of sp³-hybridized carbons (Fsp3) is 0.421. The van der Waals surface area contributed by atoms with Gasteiger partial charge in [0.25, 0.3) is 0 Å². The third kappa shape index (κ3) is 4.47. The van der Waals surface area contributed by atoms with Gasteiger partial charge >= 0.3 is 6.09 Å². The van der Waals surface area contributed by atoms with Crippen molar-refractivity contribution in [1.29, 1.82) is 0 Å². The largest absolute Gasteiger partial charge is 0.449 e. The molecule has 2 heterocycles. The van der Waals surface area contributed by atoms with E-state index in [0.717, 1.165) is 13.0 Å². The minimum atomic E-state index is -0.392. The number of hydrogen-bond acceptors (Lipinski definition) is 5. The van der Waals surface area contributed by atoms with Gasteiger partial charge in [-0.1, -0.05) is 26.0 Å². The van der Waals surface area contributed by atoms with Crippen molar-refractivity contribution >= 4 is 11.9 Å². The lowest BCUT2D eigenvalue weighted by atomic mass is 10.1. The summed E-state index contributed by atoms with van der Waals surface area (Å²) < 4.78 is 19.1. The van der Waals surface area contributed by atoms with Gasteiger partial charge < -0.3 is 15.0 Å². The average Bonchev–Trinajstić information content (AvgIpc) is 3.09. The SMILES string of the molecule is CC(C)COC(=O)N[C@@H]1CCN(c2cncc(-c3ccccc3F)n2)C1. The molecule has 0 unspecified atom stereocenters. The number of alkyl carbamates (subject to hydrolysis) is 1. The molecular weight excluding hydrogens is 335 g/mol. The van der Waals surface area contributed by atoms with Crippen molar-refractivity contribution in [3.63, 3.8) is 0 Å². The van der Waals surface area contributed by atoms with Gasteiger partial charge in [0.1, 0.15) is 11.6 Å². The van der Waals surface area contributed by atoms with Gasteiger partial charge in [0.15, 0.2) is 0 Å². The number of aromatic nitrogens is 2. The number of halogens is 1. The molecule has 26 heavy (non-hydrogen) atoms. The van der Waals surface area contributed by atoms with Crippen LogP contribution in [0.2, 0.25) is 0 Å². The molecule has 1 amide bonds. The number of carbonyl (C=O) groups is 1. The summed E-state index contributed by atoms with van der Waals surface area (Å²) in [4.78, 5) is 22.6. The number of nitrogens with zero attached hydrogens (tertiary/aromatic N) is 3. The molecule has 3 rings (SSSR count). The van der Waals surface area contributed by atoms with Crippen LogP contribution in [0.25, 0.3) is 11.3 Å². The van der Waals surface area contributed by atoms with E-state index in [0.29, 0.717) is 36.1 Å². The van der Waals surface area contributed by atoms with E-state index in [-0.39, 0.29) is 11.9 Å². The van der Waals surface area contributed by atoms with Crippen LogP contribution in [0.1, 0.15) is 20.3 Å². The predicted octanol–water partition coefficient (Wildman–Crippen LogP) is 3.24. The van der Waals surface area contributed by atoms with Crippen LogP contribution in [0.3, 0.4) is 0 Å². The normalized spacial score (nSPS) is 16.8. The third-order valence-electron chi connectivity index (χ3n) is 4.15. The van der Waals surface area contributed by atoms with E-state index >= 15 is 0 Å². The summed E-state index contributed by atoms with van der Waals surface area (Å²) in [6.45, 7) is 5.74. The second-order valence-electron chi connectivity index (χ2n) is 6.81. The maximum absolute atomic E-state index is 14.0. The summed E-state index contributed by atoms with van der Waals surface area (Å²) in [7, 11) is 0. The molecule has 7 heteroatoms. The molecule has 0 radical (unpaired) electrons. The third-order valence-corrected chi connectivity index (χ3v) is 4.15. The van der Waals surface area contributed by atoms with Gasteiger partial charge in [-0.25, -0.2) is 14.2 Å². The lowest BCUT2D eigenvalue weighted by Gasteiger charge is -2.18. The first kappa shape index (κ1) is 18.1. The van der Waals surface area contributed by atoms with E-state index in [1.165, 1.54) is 6.07 Å². The maximum Gasteiger partial charge on any atom is 0.407 e. The molecule has 1 saturated heterocycles. The van der Waals surface area contributed by atoms with Gasteiger partial charge in [-0.3, -0.25) is 4.98 Å². The van der Waals surface area contributed by atoms with Gasteiger partial charge in [0.2, 0.25) is 0 Å². The van der Waals surface area contributed by atoms with Crippen molar-refractivity contribution in [2.24, 2.45) is 5.92 Å². The van der Waals surface area contributed by atoms with Crippen molar-refractivity contribution in [2.45, 2.75) is 26.3 Å². The van der Waals surface area contributed by atoms with E-state index in [1.807, 2.05) is 18.7 Å². The maximum atomic E-state index is 14.0. The number of anilines is 1. The molecule has 138 valence electrons. The Morgan fingerprint density at radius 3 is 2.96 bits per heavy atom. The van der Waals surface area contributed by atoms with E-state index in [4.69, 9.17) is 4.74 Å². The zero-order valence-electron chi connectivity index (χ0n) is 15.0. The van der Waals surface area contributed by atoms with Crippen molar-refractivity contribution < 1.29 is 13.9 Å². The molecule has 1 aliphatic rings. The molecule has 1 fully saturated rings. The number of hydrogen-bond donors (Lipinski definition) is 1. The first-order valence-electron chi connectivity index (χ1n) is 8.78. The Bertz CT molecular complexity index is 769. The molecule has 6 nitrogen and oxygen atoms in total.